The van der Waals surface area contributed by atoms with Crippen molar-refractivity contribution in [3.8, 4) is 11.4 Å². The van der Waals surface area contributed by atoms with Crippen LogP contribution in [-0.2, 0) is 6.54 Å². The number of fused-ring (bicyclic) bond motifs is 1. The van der Waals surface area contributed by atoms with E-state index < -0.39 is 0 Å². The Morgan fingerprint density at radius 3 is 2.77 bits per heavy atom. The zero-order chi connectivity index (χ0) is 15.5. The van der Waals surface area contributed by atoms with E-state index in [2.05, 4.69) is 21.9 Å². The number of aryl methyl sites for hydroxylation is 1. The molecule has 6 heteroatoms. The molecule has 0 aromatic carbocycles. The molecule has 0 saturated heterocycles. The number of nitrogens with zero attached hydrogens (tertiary/aromatic N) is 4. The van der Waals surface area contributed by atoms with Crippen molar-refractivity contribution in [1.82, 2.24) is 19.5 Å². The molecule has 0 aliphatic carbocycles. The molecule has 0 unspecified atom stereocenters. The highest BCUT2D eigenvalue weighted by molar-refractivity contribution is 5.79. The highest BCUT2D eigenvalue weighted by Gasteiger charge is 2.11. The van der Waals surface area contributed by atoms with Gasteiger partial charge in [-0.15, -0.1) is 0 Å². The number of anilines is 1. The zero-order valence-electron chi connectivity index (χ0n) is 12.4. The van der Waals surface area contributed by atoms with Crippen LogP contribution in [0.1, 0.15) is 19.8 Å². The van der Waals surface area contributed by atoms with Crippen LogP contribution in [0.25, 0.3) is 22.4 Å². The van der Waals surface area contributed by atoms with Crippen molar-refractivity contribution < 1.29 is 0 Å². The smallest absolute Gasteiger partial charge is 0.215 e. The zero-order valence-corrected chi connectivity index (χ0v) is 12.4. The summed E-state index contributed by atoms with van der Waals surface area (Å²) in [6, 6.07) is 3.68. The van der Waals surface area contributed by atoms with Gasteiger partial charge >= 0.3 is 0 Å². The van der Waals surface area contributed by atoms with Crippen LogP contribution in [0.3, 0.4) is 0 Å². The van der Waals surface area contributed by atoms with Gasteiger partial charge in [0.1, 0.15) is 5.65 Å². The number of hydrogen-bond donors (Lipinski definition) is 1. The molecule has 0 radical (unpaired) electrons. The van der Waals surface area contributed by atoms with Gasteiger partial charge in [-0.05, 0) is 18.6 Å². The van der Waals surface area contributed by atoms with E-state index in [-0.39, 0.29) is 11.1 Å². The molecule has 0 saturated carbocycles. The largest absolute Gasteiger partial charge is 0.394 e. The van der Waals surface area contributed by atoms with Crippen molar-refractivity contribution >= 4 is 16.7 Å². The maximum absolute atomic E-state index is 12.2. The van der Waals surface area contributed by atoms with Crippen LogP contribution in [0.15, 0.2) is 41.7 Å². The first-order chi connectivity index (χ1) is 10.7. The Kier molecular flexibility index (Phi) is 3.82. The van der Waals surface area contributed by atoms with Crippen LogP contribution in [0.2, 0.25) is 0 Å². The maximum Gasteiger partial charge on any atom is 0.215 e. The number of aromatic nitrogens is 4. The molecular weight excluding hydrogens is 278 g/mol. The second-order valence-electron chi connectivity index (χ2n) is 5.13. The van der Waals surface area contributed by atoms with Gasteiger partial charge in [-0.3, -0.25) is 9.78 Å². The Balaban J connectivity index is 2.21. The summed E-state index contributed by atoms with van der Waals surface area (Å²) < 4.78 is 1.93. The van der Waals surface area contributed by atoms with Crippen LogP contribution in [0.4, 0.5) is 5.69 Å². The van der Waals surface area contributed by atoms with Crippen molar-refractivity contribution in [3.05, 3.63) is 47.1 Å². The quantitative estimate of drug-likeness (QED) is 0.797. The molecule has 0 bridgehead atoms. The third-order valence-electron chi connectivity index (χ3n) is 3.53. The monoisotopic (exact) mass is 295 g/mol. The van der Waals surface area contributed by atoms with Gasteiger partial charge in [-0.2, -0.15) is 0 Å². The Morgan fingerprint density at radius 1 is 1.27 bits per heavy atom. The number of pyridine rings is 2. The molecule has 0 amide bonds. The maximum atomic E-state index is 12.2. The molecule has 112 valence electrons. The molecule has 2 N–H and O–H groups in total. The van der Waals surface area contributed by atoms with Gasteiger partial charge in [0.2, 0.25) is 5.43 Å². The van der Waals surface area contributed by atoms with E-state index in [1.165, 1.54) is 0 Å². The Morgan fingerprint density at radius 2 is 2.05 bits per heavy atom. The number of rotatable bonds is 4. The fourth-order valence-corrected chi connectivity index (χ4v) is 2.33. The summed E-state index contributed by atoms with van der Waals surface area (Å²) in [5, 5.41) is 0.453. The summed E-state index contributed by atoms with van der Waals surface area (Å²) in [4.78, 5) is 25.0. The van der Waals surface area contributed by atoms with E-state index in [0.29, 0.717) is 16.9 Å². The number of nitrogen functional groups attached to an aromatic ring is 1. The Labute approximate surface area is 127 Å². The average Bonchev–Trinajstić information content (AvgIpc) is 2.57. The summed E-state index contributed by atoms with van der Waals surface area (Å²) in [7, 11) is 0. The molecule has 0 atom stereocenters. The van der Waals surface area contributed by atoms with Gasteiger partial charge in [0.05, 0.1) is 11.1 Å². The van der Waals surface area contributed by atoms with Crippen molar-refractivity contribution in [1.29, 1.82) is 0 Å². The van der Waals surface area contributed by atoms with E-state index in [4.69, 9.17) is 5.73 Å². The molecule has 0 spiro atoms. The lowest BCUT2D eigenvalue weighted by molar-refractivity contribution is 0.642. The minimum absolute atomic E-state index is 0.218. The minimum Gasteiger partial charge on any atom is -0.394 e. The van der Waals surface area contributed by atoms with Crippen molar-refractivity contribution in [2.75, 3.05) is 5.73 Å². The molecule has 6 nitrogen and oxygen atoms in total. The lowest BCUT2D eigenvalue weighted by Gasteiger charge is -2.11. The normalized spacial score (nSPS) is 11.0. The predicted molar refractivity (Wildman–Crippen MR) is 86.3 cm³/mol. The summed E-state index contributed by atoms with van der Waals surface area (Å²) in [5.41, 5.74) is 7.30. The van der Waals surface area contributed by atoms with Gasteiger partial charge in [0.25, 0.3) is 0 Å². The fraction of sp³-hybridized carbons (Fsp3) is 0.250. The van der Waals surface area contributed by atoms with Crippen molar-refractivity contribution in [2.24, 2.45) is 0 Å². The third-order valence-corrected chi connectivity index (χ3v) is 3.53. The van der Waals surface area contributed by atoms with Crippen molar-refractivity contribution in [2.45, 2.75) is 26.3 Å². The van der Waals surface area contributed by atoms with Gasteiger partial charge in [0, 0.05) is 36.9 Å². The Hall–Kier alpha value is -2.76. The summed E-state index contributed by atoms with van der Waals surface area (Å²) in [6.45, 7) is 2.88. The highest BCUT2D eigenvalue weighted by Crippen LogP contribution is 2.17. The molecule has 0 aliphatic rings. The van der Waals surface area contributed by atoms with E-state index >= 15 is 0 Å². The molecule has 3 aromatic rings. The molecular formula is C16H17N5O. The predicted octanol–water partition coefficient (Wildman–Crippen LogP) is 2.24. The number of hydrogen-bond acceptors (Lipinski definition) is 5. The minimum atomic E-state index is -0.218. The molecule has 0 aliphatic heterocycles. The molecule has 3 heterocycles. The molecule has 22 heavy (non-hydrogen) atoms. The Bertz CT molecular complexity index is 858. The van der Waals surface area contributed by atoms with Gasteiger partial charge < -0.3 is 10.3 Å². The molecule has 3 aromatic heterocycles. The van der Waals surface area contributed by atoms with E-state index in [1.807, 2.05) is 16.7 Å². The topological polar surface area (TPSA) is 86.7 Å². The van der Waals surface area contributed by atoms with E-state index in [9.17, 15) is 4.79 Å². The first-order valence-corrected chi connectivity index (χ1v) is 7.26. The fourth-order valence-electron chi connectivity index (χ4n) is 2.33. The molecule has 3 rings (SSSR count). The summed E-state index contributed by atoms with van der Waals surface area (Å²) in [5.74, 6) is 0.573. The average molecular weight is 295 g/mol. The van der Waals surface area contributed by atoms with E-state index in [1.54, 1.807) is 24.8 Å². The summed E-state index contributed by atoms with van der Waals surface area (Å²) >= 11 is 0. The molecule has 0 fully saturated rings. The van der Waals surface area contributed by atoms with Gasteiger partial charge in [-0.25, -0.2) is 9.97 Å². The van der Waals surface area contributed by atoms with Crippen LogP contribution < -0.4 is 11.2 Å². The lowest BCUT2D eigenvalue weighted by Crippen LogP contribution is -2.15. The highest BCUT2D eigenvalue weighted by atomic mass is 16.1. The second-order valence-corrected chi connectivity index (χ2v) is 5.13. The lowest BCUT2D eigenvalue weighted by atomic mass is 10.2. The van der Waals surface area contributed by atoms with Crippen LogP contribution in [-0.4, -0.2) is 19.5 Å². The van der Waals surface area contributed by atoms with Crippen LogP contribution in [0, 0.1) is 0 Å². The number of nitrogens with two attached hydrogens (primary N) is 1. The second kappa shape index (κ2) is 5.93. The van der Waals surface area contributed by atoms with Crippen molar-refractivity contribution in [3.63, 3.8) is 0 Å². The van der Waals surface area contributed by atoms with E-state index in [0.717, 1.165) is 24.9 Å². The van der Waals surface area contributed by atoms with Gasteiger partial charge in [-0.1, -0.05) is 13.3 Å². The van der Waals surface area contributed by atoms with Crippen LogP contribution in [0.5, 0.6) is 0 Å². The standard InChI is InChI=1S/C16H17N5O/c1-2-3-8-21-10-13(17)14(22)12-9-19-15(20-16(12)21)11-4-6-18-7-5-11/h4-7,9-10H,2-3,8,17H2,1H3. The summed E-state index contributed by atoms with van der Waals surface area (Å²) in [6.07, 6.45) is 8.65. The van der Waals surface area contributed by atoms with Crippen LogP contribution >= 0.6 is 0 Å². The SMILES string of the molecule is CCCCn1cc(N)c(=O)c2cnc(-c3ccncc3)nc21. The van der Waals surface area contributed by atoms with Gasteiger partial charge in [0.15, 0.2) is 5.82 Å². The first-order valence-electron chi connectivity index (χ1n) is 7.26. The third kappa shape index (κ3) is 2.55. The first kappa shape index (κ1) is 14.2. The number of unbranched alkanes of at least 4 members (excludes halogenated alkanes) is 1.